The molecule has 1 heterocycles. The fraction of sp³-hybridized carbons (Fsp3) is 0.571. The second-order valence-electron chi connectivity index (χ2n) is 8.27. The highest BCUT2D eigenvalue weighted by atomic mass is 16.2. The van der Waals surface area contributed by atoms with E-state index in [1.165, 1.54) is 5.56 Å². The molecular formula is C21H29N3O3. The van der Waals surface area contributed by atoms with Gasteiger partial charge in [0.15, 0.2) is 0 Å². The van der Waals surface area contributed by atoms with Gasteiger partial charge < -0.3 is 10.2 Å². The first kappa shape index (κ1) is 19.4. The van der Waals surface area contributed by atoms with Crippen molar-refractivity contribution in [3.63, 3.8) is 0 Å². The summed E-state index contributed by atoms with van der Waals surface area (Å²) in [6.07, 6.45) is 3.14. The zero-order chi connectivity index (χ0) is 19.8. The normalized spacial score (nSPS) is 25.0. The van der Waals surface area contributed by atoms with Crippen molar-refractivity contribution in [3.8, 4) is 0 Å². The van der Waals surface area contributed by atoms with Crippen molar-refractivity contribution in [3.05, 3.63) is 34.9 Å². The van der Waals surface area contributed by atoms with Gasteiger partial charge in [0.2, 0.25) is 5.91 Å². The lowest BCUT2D eigenvalue weighted by Crippen LogP contribution is -2.50. The van der Waals surface area contributed by atoms with Gasteiger partial charge in [-0.25, -0.2) is 4.79 Å². The van der Waals surface area contributed by atoms with E-state index >= 15 is 0 Å². The Morgan fingerprint density at radius 3 is 2.56 bits per heavy atom. The van der Waals surface area contributed by atoms with Gasteiger partial charge in [0.1, 0.15) is 12.1 Å². The number of hydrogen-bond donors (Lipinski definition) is 1. The summed E-state index contributed by atoms with van der Waals surface area (Å²) in [5, 5.41) is 2.87. The van der Waals surface area contributed by atoms with Crippen molar-refractivity contribution in [2.24, 2.45) is 5.92 Å². The fourth-order valence-electron chi connectivity index (χ4n) is 4.04. The second-order valence-corrected chi connectivity index (χ2v) is 8.27. The molecule has 0 atom stereocenters. The second kappa shape index (κ2) is 7.33. The summed E-state index contributed by atoms with van der Waals surface area (Å²) in [6, 6.07) is 5.67. The number of aryl methyl sites for hydroxylation is 2. The first-order valence-electron chi connectivity index (χ1n) is 9.66. The summed E-state index contributed by atoms with van der Waals surface area (Å²) in [6.45, 7) is 6.47. The number of imide groups is 1. The Bertz CT molecular complexity index is 766. The predicted molar refractivity (Wildman–Crippen MR) is 103 cm³/mol. The number of rotatable bonds is 4. The van der Waals surface area contributed by atoms with Crippen LogP contribution in [0.5, 0.6) is 0 Å². The molecule has 0 radical (unpaired) electrons. The van der Waals surface area contributed by atoms with E-state index in [0.29, 0.717) is 25.3 Å². The third-order valence-electron chi connectivity index (χ3n) is 6.00. The van der Waals surface area contributed by atoms with Crippen LogP contribution in [-0.2, 0) is 16.1 Å². The molecule has 1 saturated carbocycles. The van der Waals surface area contributed by atoms with Crippen molar-refractivity contribution in [2.45, 2.75) is 58.5 Å². The Hall–Kier alpha value is -2.37. The van der Waals surface area contributed by atoms with Crippen LogP contribution in [0.15, 0.2) is 18.2 Å². The maximum absolute atomic E-state index is 12.9. The number of benzene rings is 1. The number of nitrogens with one attached hydrogen (secondary N) is 1. The van der Waals surface area contributed by atoms with Crippen LogP contribution in [0.4, 0.5) is 4.79 Å². The molecule has 6 nitrogen and oxygen atoms in total. The topological polar surface area (TPSA) is 69.7 Å². The molecule has 0 aromatic heterocycles. The van der Waals surface area contributed by atoms with Crippen LogP contribution in [0.1, 0.15) is 49.3 Å². The van der Waals surface area contributed by atoms with Gasteiger partial charge in [-0.05, 0) is 56.6 Å². The predicted octanol–water partition coefficient (Wildman–Crippen LogP) is 2.76. The Labute approximate surface area is 160 Å². The van der Waals surface area contributed by atoms with Gasteiger partial charge in [-0.3, -0.25) is 14.5 Å². The molecule has 1 spiro atoms. The lowest BCUT2D eigenvalue weighted by atomic mass is 9.77. The highest BCUT2D eigenvalue weighted by Gasteiger charge is 2.52. The molecule has 2 fully saturated rings. The Morgan fingerprint density at radius 2 is 1.93 bits per heavy atom. The van der Waals surface area contributed by atoms with Gasteiger partial charge >= 0.3 is 6.03 Å². The van der Waals surface area contributed by atoms with Crippen molar-refractivity contribution in [1.29, 1.82) is 0 Å². The van der Waals surface area contributed by atoms with E-state index in [1.54, 1.807) is 11.9 Å². The fourth-order valence-corrected chi connectivity index (χ4v) is 4.04. The molecule has 0 bridgehead atoms. The maximum Gasteiger partial charge on any atom is 0.325 e. The minimum atomic E-state index is -0.796. The molecule has 1 aromatic carbocycles. The van der Waals surface area contributed by atoms with Gasteiger partial charge in [0, 0.05) is 13.6 Å². The molecule has 0 unspecified atom stereocenters. The molecule has 1 saturated heterocycles. The average molecular weight is 371 g/mol. The van der Waals surface area contributed by atoms with E-state index in [1.807, 2.05) is 26.0 Å². The quantitative estimate of drug-likeness (QED) is 0.828. The third-order valence-corrected chi connectivity index (χ3v) is 6.00. The van der Waals surface area contributed by atoms with Crippen LogP contribution >= 0.6 is 0 Å². The summed E-state index contributed by atoms with van der Waals surface area (Å²) in [5.41, 5.74) is 2.57. The Kier molecular flexibility index (Phi) is 5.27. The zero-order valence-corrected chi connectivity index (χ0v) is 16.7. The Morgan fingerprint density at radius 1 is 1.26 bits per heavy atom. The minimum Gasteiger partial charge on any atom is -0.340 e. The number of amides is 4. The first-order chi connectivity index (χ1) is 12.7. The van der Waals surface area contributed by atoms with Crippen molar-refractivity contribution in [1.82, 2.24) is 15.1 Å². The summed E-state index contributed by atoms with van der Waals surface area (Å²) < 4.78 is 0. The number of carbonyl (C=O) groups is 3. The molecule has 1 aliphatic heterocycles. The van der Waals surface area contributed by atoms with Crippen molar-refractivity contribution >= 4 is 17.8 Å². The van der Waals surface area contributed by atoms with E-state index in [4.69, 9.17) is 0 Å². The molecule has 27 heavy (non-hydrogen) atoms. The molecular weight excluding hydrogens is 342 g/mol. The standard InChI is InChI=1S/C21H29N3O3/c1-14-7-9-21(10-8-14)19(26)24(20(27)22-21)13-18(25)23(4)12-17-6-5-15(2)11-16(17)3/h5-6,11,14H,7-10,12-13H2,1-4H3,(H,22,27). The van der Waals surface area contributed by atoms with Crippen LogP contribution in [0, 0.1) is 19.8 Å². The summed E-state index contributed by atoms with van der Waals surface area (Å²) in [5.74, 6) is 0.0901. The summed E-state index contributed by atoms with van der Waals surface area (Å²) >= 11 is 0. The number of urea groups is 1. The first-order valence-corrected chi connectivity index (χ1v) is 9.66. The zero-order valence-electron chi connectivity index (χ0n) is 16.7. The molecule has 2 aliphatic rings. The SMILES string of the molecule is Cc1ccc(CN(C)C(=O)CN2C(=O)NC3(CCC(C)CC3)C2=O)c(C)c1. The highest BCUT2D eigenvalue weighted by Crippen LogP contribution is 2.36. The van der Waals surface area contributed by atoms with Crippen LogP contribution in [-0.4, -0.2) is 46.8 Å². The van der Waals surface area contributed by atoms with Crippen LogP contribution in [0.3, 0.4) is 0 Å². The smallest absolute Gasteiger partial charge is 0.325 e. The molecule has 1 aromatic rings. The van der Waals surface area contributed by atoms with Gasteiger partial charge in [-0.15, -0.1) is 0 Å². The van der Waals surface area contributed by atoms with E-state index in [2.05, 4.69) is 18.3 Å². The van der Waals surface area contributed by atoms with E-state index in [9.17, 15) is 14.4 Å². The lowest BCUT2D eigenvalue weighted by molar-refractivity contribution is -0.139. The van der Waals surface area contributed by atoms with Gasteiger partial charge in [0.25, 0.3) is 5.91 Å². The van der Waals surface area contributed by atoms with E-state index in [-0.39, 0.29) is 18.4 Å². The largest absolute Gasteiger partial charge is 0.340 e. The van der Waals surface area contributed by atoms with Crippen LogP contribution in [0.25, 0.3) is 0 Å². The number of nitrogens with zero attached hydrogens (tertiary/aromatic N) is 2. The molecule has 1 aliphatic carbocycles. The maximum atomic E-state index is 12.9. The monoisotopic (exact) mass is 371 g/mol. The van der Waals surface area contributed by atoms with Crippen LogP contribution in [0.2, 0.25) is 0 Å². The van der Waals surface area contributed by atoms with Crippen molar-refractivity contribution < 1.29 is 14.4 Å². The third kappa shape index (κ3) is 3.84. The minimum absolute atomic E-state index is 0.205. The van der Waals surface area contributed by atoms with Gasteiger partial charge in [0.05, 0.1) is 0 Å². The molecule has 6 heteroatoms. The van der Waals surface area contributed by atoms with Crippen molar-refractivity contribution in [2.75, 3.05) is 13.6 Å². The lowest BCUT2D eigenvalue weighted by Gasteiger charge is -2.33. The summed E-state index contributed by atoms with van der Waals surface area (Å²) in [4.78, 5) is 40.6. The highest BCUT2D eigenvalue weighted by molar-refractivity contribution is 6.09. The Balaban J connectivity index is 1.64. The van der Waals surface area contributed by atoms with Gasteiger partial charge in [-0.2, -0.15) is 0 Å². The van der Waals surface area contributed by atoms with E-state index < -0.39 is 11.6 Å². The summed E-state index contributed by atoms with van der Waals surface area (Å²) in [7, 11) is 1.71. The molecule has 1 N–H and O–H groups in total. The van der Waals surface area contributed by atoms with Gasteiger partial charge in [-0.1, -0.05) is 30.7 Å². The number of likely N-dealkylation sites (N-methyl/N-ethyl adjacent to an activating group) is 1. The number of carbonyl (C=O) groups excluding carboxylic acids is 3. The molecule has 4 amide bonds. The average Bonchev–Trinajstić information content (AvgIpc) is 2.84. The van der Waals surface area contributed by atoms with E-state index in [0.717, 1.165) is 28.9 Å². The molecule has 146 valence electrons. The van der Waals surface area contributed by atoms with Crippen LogP contribution < -0.4 is 5.32 Å². The number of hydrogen-bond acceptors (Lipinski definition) is 3. The molecule has 3 rings (SSSR count).